The van der Waals surface area contributed by atoms with Crippen molar-refractivity contribution in [1.82, 2.24) is 0 Å². The zero-order chi connectivity index (χ0) is 54.2. The van der Waals surface area contributed by atoms with Gasteiger partial charge in [-0.2, -0.15) is 0 Å². The molecule has 0 heterocycles. The van der Waals surface area contributed by atoms with E-state index >= 15 is 0 Å². The molecule has 2 N–H and O–H groups in total. The zero-order valence-electron chi connectivity index (χ0n) is 46.6. The van der Waals surface area contributed by atoms with E-state index in [-0.39, 0.29) is 33.1 Å². The average Bonchev–Trinajstić information content (AvgIpc) is 4.08. The van der Waals surface area contributed by atoms with Crippen molar-refractivity contribution >= 4 is 11.4 Å². The van der Waals surface area contributed by atoms with Crippen molar-refractivity contribution in [3.05, 3.63) is 251 Å². The van der Waals surface area contributed by atoms with Crippen molar-refractivity contribution < 1.29 is 0 Å². The summed E-state index contributed by atoms with van der Waals surface area (Å²) in [5, 5.41) is 18.4. The summed E-state index contributed by atoms with van der Waals surface area (Å²) < 4.78 is 0. The van der Waals surface area contributed by atoms with Crippen LogP contribution in [0.1, 0.15) is 114 Å². The van der Waals surface area contributed by atoms with Gasteiger partial charge in [-0.3, -0.25) is 10.8 Å². The first-order valence-electron chi connectivity index (χ1n) is 27.7. The lowest BCUT2D eigenvalue weighted by molar-refractivity contribution is 0.584. The molecule has 0 saturated heterocycles. The van der Waals surface area contributed by atoms with Gasteiger partial charge in [0.05, 0.1) is 11.4 Å². The standard InChI is InChI=1S/C76H66N2/c1-73(2,3)55-31-35-59-61-27-15-25-57(69(61)75(7,8)67(59)43-55)53-23-13-21-49(39-53)45-17-11-19-47(37-45)51-29-33-63-65(41-51)66-42-52(30-34-64(66)72(78)71(63)77)48-20-12-18-46(38-48)50-22-14-24-54(40-50)58-26-16-28-62-60-36-32-56(74(4,5)6)44-68(60)76(9,10)70(58)62/h11-44,77-78H,1-10H3. The van der Waals surface area contributed by atoms with E-state index in [1.165, 1.54) is 89.0 Å². The molecule has 2 nitrogen and oxygen atoms in total. The van der Waals surface area contributed by atoms with Crippen LogP contribution in [0.3, 0.4) is 0 Å². The monoisotopic (exact) mass is 1010 g/mol. The molecule has 0 atom stereocenters. The average molecular weight is 1010 g/mol. The Labute approximate surface area is 461 Å². The minimum atomic E-state index is -0.149. The van der Waals surface area contributed by atoms with Gasteiger partial charge in [-0.1, -0.05) is 239 Å². The van der Waals surface area contributed by atoms with Gasteiger partial charge in [0.15, 0.2) is 0 Å². The predicted molar refractivity (Wildman–Crippen MR) is 331 cm³/mol. The van der Waals surface area contributed by atoms with Gasteiger partial charge < -0.3 is 0 Å². The summed E-state index contributed by atoms with van der Waals surface area (Å²) in [6.45, 7) is 23.3. The molecule has 2 heteroatoms. The van der Waals surface area contributed by atoms with Crippen LogP contribution >= 0.6 is 0 Å². The van der Waals surface area contributed by atoms with E-state index in [9.17, 15) is 10.8 Å². The highest BCUT2D eigenvalue weighted by atomic mass is 14.6. The highest BCUT2D eigenvalue weighted by Crippen LogP contribution is 2.55. The zero-order valence-corrected chi connectivity index (χ0v) is 46.6. The number of hydrogen-bond donors (Lipinski definition) is 2. The van der Waals surface area contributed by atoms with Gasteiger partial charge in [0, 0.05) is 22.0 Å². The maximum Gasteiger partial charge on any atom is 0.0874 e. The summed E-state index contributed by atoms with van der Waals surface area (Å²) in [5.41, 5.74) is 31.5. The maximum atomic E-state index is 9.19. The van der Waals surface area contributed by atoms with Crippen LogP contribution in [-0.4, -0.2) is 11.4 Å². The third-order valence-electron chi connectivity index (χ3n) is 17.6. The summed E-state index contributed by atoms with van der Waals surface area (Å²) in [4.78, 5) is 0. The Bertz CT molecular complexity index is 3930. The van der Waals surface area contributed by atoms with Crippen molar-refractivity contribution in [2.45, 2.75) is 90.9 Å². The highest BCUT2D eigenvalue weighted by Gasteiger charge is 2.40. The minimum Gasteiger partial charge on any atom is -0.298 e. The Kier molecular flexibility index (Phi) is 11.0. The summed E-state index contributed by atoms with van der Waals surface area (Å²) in [6.07, 6.45) is 0. The van der Waals surface area contributed by atoms with Gasteiger partial charge in [0.2, 0.25) is 0 Å². The van der Waals surface area contributed by atoms with Crippen molar-refractivity contribution in [2.75, 3.05) is 0 Å². The molecule has 3 aliphatic carbocycles. The molecule has 0 amide bonds. The molecule has 13 rings (SSSR count). The fourth-order valence-electron chi connectivity index (χ4n) is 13.3. The van der Waals surface area contributed by atoms with Crippen LogP contribution in [-0.2, 0) is 21.7 Å². The fraction of sp³-hybridized carbons (Fsp3) is 0.184. The second-order valence-corrected chi connectivity index (χ2v) is 25.3. The smallest absolute Gasteiger partial charge is 0.0874 e. The lowest BCUT2D eigenvalue weighted by atomic mass is 9.77. The predicted octanol–water partition coefficient (Wildman–Crippen LogP) is 20.3. The van der Waals surface area contributed by atoms with Crippen molar-refractivity contribution in [3.63, 3.8) is 0 Å². The van der Waals surface area contributed by atoms with E-state index in [4.69, 9.17) is 0 Å². The van der Waals surface area contributed by atoms with E-state index in [0.29, 0.717) is 0 Å². The summed E-state index contributed by atoms with van der Waals surface area (Å²) in [7, 11) is 0. The largest absolute Gasteiger partial charge is 0.298 e. The molecule has 10 aromatic carbocycles. The first-order chi connectivity index (χ1) is 37.3. The molecular weight excluding hydrogens is 941 g/mol. The Balaban J connectivity index is 0.816. The maximum absolute atomic E-state index is 9.19. The van der Waals surface area contributed by atoms with Gasteiger partial charge in [0.25, 0.3) is 0 Å². The third-order valence-corrected chi connectivity index (χ3v) is 17.6. The Morgan fingerprint density at radius 2 is 0.538 bits per heavy atom. The van der Waals surface area contributed by atoms with Crippen LogP contribution in [0.15, 0.2) is 206 Å². The number of benzene rings is 10. The topological polar surface area (TPSA) is 47.7 Å². The molecule has 3 aliphatic rings. The van der Waals surface area contributed by atoms with Crippen LogP contribution in [0.2, 0.25) is 0 Å². The molecule has 0 aliphatic heterocycles. The Hall–Kier alpha value is -8.46. The van der Waals surface area contributed by atoms with Crippen LogP contribution in [0.5, 0.6) is 0 Å². The fourth-order valence-corrected chi connectivity index (χ4v) is 13.3. The lowest BCUT2D eigenvalue weighted by Gasteiger charge is -2.27. The summed E-state index contributed by atoms with van der Waals surface area (Å²) in [5.74, 6) is 0. The van der Waals surface area contributed by atoms with Gasteiger partial charge in [0.1, 0.15) is 0 Å². The third kappa shape index (κ3) is 7.82. The quantitative estimate of drug-likeness (QED) is 0.167. The summed E-state index contributed by atoms with van der Waals surface area (Å²) >= 11 is 0. The molecule has 0 unspecified atom stereocenters. The number of fused-ring (bicyclic) bond motifs is 9. The highest BCUT2D eigenvalue weighted by molar-refractivity contribution is 6.55. The van der Waals surface area contributed by atoms with Gasteiger partial charge in [-0.25, -0.2) is 0 Å². The van der Waals surface area contributed by atoms with Gasteiger partial charge in [-0.15, -0.1) is 0 Å². The van der Waals surface area contributed by atoms with E-state index < -0.39 is 0 Å². The normalized spacial score (nSPS) is 14.5. The van der Waals surface area contributed by atoms with Crippen LogP contribution < -0.4 is 0 Å². The number of nitrogens with one attached hydrogen (secondary N) is 2. The van der Waals surface area contributed by atoms with E-state index in [1.54, 1.807) is 0 Å². The molecule has 78 heavy (non-hydrogen) atoms. The summed E-state index contributed by atoms with van der Waals surface area (Å²) in [6, 6.07) is 76.4. The molecule has 0 radical (unpaired) electrons. The number of hydrogen-bond acceptors (Lipinski definition) is 2. The van der Waals surface area contributed by atoms with E-state index in [2.05, 4.69) is 263 Å². The SMILES string of the molecule is CC(C)(C)c1ccc2c(c1)C(C)(C)c1c(-c3cccc(-c4cccc(-c5ccc6c(c5)-c5cc(-c7cccc(-c8cccc(-c9cccc%10c9C(C)(C)c9cc(C(C)(C)C)ccc9-%10)c8)c7)ccc5C(=N)C6=N)c4)c3)cccc1-2. The van der Waals surface area contributed by atoms with Crippen LogP contribution in [0, 0.1) is 10.8 Å². The molecule has 380 valence electrons. The second-order valence-electron chi connectivity index (χ2n) is 25.3. The molecule has 0 spiro atoms. The van der Waals surface area contributed by atoms with Crippen molar-refractivity contribution in [2.24, 2.45) is 0 Å². The molecule has 0 fully saturated rings. The molecule has 10 aromatic rings. The number of rotatable bonds is 6. The second kappa shape index (κ2) is 17.5. The first-order valence-corrected chi connectivity index (χ1v) is 27.7. The minimum absolute atomic E-state index is 0.0734. The molecular formula is C76H66N2. The lowest BCUT2D eigenvalue weighted by Crippen LogP contribution is -2.21. The van der Waals surface area contributed by atoms with Gasteiger partial charge in [-0.05, 0) is 181 Å². The molecule has 0 saturated carbocycles. The molecule has 0 bridgehead atoms. The van der Waals surface area contributed by atoms with Crippen LogP contribution in [0.25, 0.3) is 100 Å². The first kappa shape index (κ1) is 49.1. The van der Waals surface area contributed by atoms with Crippen LogP contribution in [0.4, 0.5) is 0 Å². The molecule has 0 aromatic heterocycles. The van der Waals surface area contributed by atoms with Gasteiger partial charge >= 0.3 is 0 Å². The van der Waals surface area contributed by atoms with E-state index in [1.807, 2.05) is 12.1 Å². The van der Waals surface area contributed by atoms with E-state index in [0.717, 1.165) is 55.6 Å². The Morgan fingerprint density at radius 1 is 0.256 bits per heavy atom. The van der Waals surface area contributed by atoms with Crippen molar-refractivity contribution in [1.29, 1.82) is 10.8 Å². The van der Waals surface area contributed by atoms with Crippen molar-refractivity contribution in [3.8, 4) is 100 Å². The Morgan fingerprint density at radius 3 is 0.885 bits per heavy atom.